The summed E-state index contributed by atoms with van der Waals surface area (Å²) in [6, 6.07) is 37.6. The molecular formula is C44H47N3O8S2+2. The second-order valence-corrected chi connectivity index (χ2v) is 16.6. The van der Waals surface area contributed by atoms with Gasteiger partial charge in [-0.25, -0.2) is 4.57 Å². The average molecular weight is 810 g/mol. The van der Waals surface area contributed by atoms with Crippen LogP contribution >= 0.6 is 0 Å². The molecule has 0 atom stereocenters. The molecule has 0 fully saturated rings. The Labute approximate surface area is 334 Å². The van der Waals surface area contributed by atoms with Gasteiger partial charge in [-0.1, -0.05) is 85.8 Å². The van der Waals surface area contributed by atoms with Gasteiger partial charge in [0.1, 0.15) is 6.54 Å². The normalized spacial score (nSPS) is 13.6. The predicted molar refractivity (Wildman–Crippen MR) is 222 cm³/mol. The van der Waals surface area contributed by atoms with Crippen LogP contribution in [0.4, 0.5) is 5.69 Å². The lowest BCUT2D eigenvalue weighted by atomic mass is 10.0. The van der Waals surface area contributed by atoms with Gasteiger partial charge in [-0.2, -0.15) is 21.4 Å². The molecule has 0 amide bonds. The lowest BCUT2D eigenvalue weighted by Gasteiger charge is -2.19. The number of anilines is 1. The third-order valence-corrected chi connectivity index (χ3v) is 11.0. The SMILES string of the molecule is CCC(=C\c1oc2ccc(-c3ccccc3)cc2[n+]1CCCS(=O)(=O)O)/C=C1/Oc2ccc(-c3ccccc3)cc2N1CCCS(=O)(=O)O.CC[n+]1ccccc1. The van der Waals surface area contributed by atoms with Crippen molar-refractivity contribution in [2.75, 3.05) is 23.0 Å². The summed E-state index contributed by atoms with van der Waals surface area (Å²) in [6.07, 6.45) is 8.78. The topological polar surface area (TPSA) is 142 Å². The van der Waals surface area contributed by atoms with E-state index >= 15 is 0 Å². The molecule has 2 aromatic heterocycles. The Morgan fingerprint density at radius 2 is 1.32 bits per heavy atom. The first-order valence-corrected chi connectivity index (χ1v) is 22.1. The van der Waals surface area contributed by atoms with Gasteiger partial charge in [0.25, 0.3) is 25.8 Å². The van der Waals surface area contributed by atoms with Gasteiger partial charge in [0.05, 0.1) is 23.3 Å². The van der Waals surface area contributed by atoms with Crippen LogP contribution in [0.3, 0.4) is 0 Å². The van der Waals surface area contributed by atoms with E-state index in [-0.39, 0.29) is 25.9 Å². The highest BCUT2D eigenvalue weighted by molar-refractivity contribution is 7.86. The molecule has 6 aromatic rings. The third kappa shape index (κ3) is 11.3. The van der Waals surface area contributed by atoms with E-state index in [2.05, 4.69) is 23.9 Å². The predicted octanol–water partition coefficient (Wildman–Crippen LogP) is 8.14. The van der Waals surface area contributed by atoms with E-state index < -0.39 is 31.7 Å². The van der Waals surface area contributed by atoms with Crippen molar-refractivity contribution in [1.82, 2.24) is 0 Å². The van der Waals surface area contributed by atoms with E-state index in [1.165, 1.54) is 0 Å². The first-order valence-electron chi connectivity index (χ1n) is 18.8. The Morgan fingerprint density at radius 1 is 0.719 bits per heavy atom. The van der Waals surface area contributed by atoms with Crippen LogP contribution in [0.15, 0.2) is 150 Å². The van der Waals surface area contributed by atoms with Crippen LogP contribution in [-0.4, -0.2) is 44.0 Å². The van der Waals surface area contributed by atoms with Gasteiger partial charge >= 0.3 is 5.89 Å². The zero-order valence-corrected chi connectivity index (χ0v) is 33.6. The van der Waals surface area contributed by atoms with Gasteiger partial charge in [0.2, 0.25) is 11.5 Å². The maximum Gasteiger partial charge on any atom is 0.374 e. The summed E-state index contributed by atoms with van der Waals surface area (Å²) >= 11 is 0. The van der Waals surface area contributed by atoms with Crippen molar-refractivity contribution in [2.45, 2.75) is 46.2 Å². The van der Waals surface area contributed by atoms with Crippen molar-refractivity contribution in [2.24, 2.45) is 0 Å². The summed E-state index contributed by atoms with van der Waals surface area (Å²) in [6.45, 7) is 5.72. The van der Waals surface area contributed by atoms with Gasteiger partial charge in [-0.3, -0.25) is 9.11 Å². The second-order valence-electron chi connectivity index (χ2n) is 13.5. The standard InChI is InChI=1S/C37H36N2O8S2.C7H10N/c1-2-27(23-36-38(19-9-21-48(40,41)42)32-25-30(15-17-34(32)46-36)28-11-5-3-6-12-28)24-37-39(20-10-22-49(43,44)45)33-26-31(16-18-35(33)47-37)29-13-7-4-8-14-29;1-2-8-6-4-3-5-7-8/h3-8,11-18,23-26H,2,9-10,19-22H2,1H3,(H-,40,41,42,43,44,45);3-7H,2H2,1H3/q;+1/p+1. The minimum atomic E-state index is -4.15. The number of ether oxygens (including phenoxy) is 1. The van der Waals surface area contributed by atoms with Gasteiger partial charge < -0.3 is 14.1 Å². The molecule has 0 aliphatic carbocycles. The summed E-state index contributed by atoms with van der Waals surface area (Å²) in [4.78, 5) is 1.90. The van der Waals surface area contributed by atoms with E-state index in [1.54, 1.807) is 0 Å². The van der Waals surface area contributed by atoms with Crippen LogP contribution in [0.2, 0.25) is 0 Å². The number of rotatable bonds is 14. The fraction of sp³-hybridized carbons (Fsp3) is 0.227. The van der Waals surface area contributed by atoms with Crippen LogP contribution in [0.1, 0.15) is 39.0 Å². The number of allylic oxidation sites excluding steroid dienone is 2. The van der Waals surface area contributed by atoms with Crippen molar-refractivity contribution in [3.05, 3.63) is 151 Å². The average Bonchev–Trinajstić information content (AvgIpc) is 3.73. The Morgan fingerprint density at radius 3 is 1.91 bits per heavy atom. The lowest BCUT2D eigenvalue weighted by molar-refractivity contribution is -0.693. The molecular weight excluding hydrogens is 763 g/mol. The smallest absolute Gasteiger partial charge is 0.374 e. The van der Waals surface area contributed by atoms with Crippen molar-refractivity contribution in [3.63, 3.8) is 0 Å². The first-order chi connectivity index (χ1) is 27.4. The highest BCUT2D eigenvalue weighted by atomic mass is 32.2. The molecule has 0 spiro atoms. The van der Waals surface area contributed by atoms with Crippen molar-refractivity contribution < 1.29 is 44.2 Å². The van der Waals surface area contributed by atoms with E-state index in [0.29, 0.717) is 29.5 Å². The van der Waals surface area contributed by atoms with Crippen LogP contribution in [0, 0.1) is 0 Å². The third-order valence-electron chi connectivity index (χ3n) is 9.41. The van der Waals surface area contributed by atoms with Gasteiger partial charge in [0.15, 0.2) is 24.7 Å². The number of benzene rings is 4. The minimum absolute atomic E-state index is 0.167. The van der Waals surface area contributed by atoms with E-state index in [4.69, 9.17) is 9.15 Å². The molecule has 7 rings (SSSR count). The fourth-order valence-electron chi connectivity index (χ4n) is 6.52. The van der Waals surface area contributed by atoms with Crippen LogP contribution < -0.4 is 18.8 Å². The number of fused-ring (bicyclic) bond motifs is 2. The summed E-state index contributed by atoms with van der Waals surface area (Å²) in [7, 11) is -8.31. The molecule has 1 aliphatic rings. The van der Waals surface area contributed by atoms with Crippen molar-refractivity contribution in [3.8, 4) is 28.0 Å². The number of hydrogen-bond acceptors (Lipinski definition) is 7. The van der Waals surface area contributed by atoms with Crippen LogP contribution in [-0.2, 0) is 33.3 Å². The van der Waals surface area contributed by atoms with Gasteiger partial charge in [-0.05, 0) is 65.8 Å². The van der Waals surface area contributed by atoms with Gasteiger partial charge in [-0.15, -0.1) is 0 Å². The largest absolute Gasteiger partial charge is 0.439 e. The number of hydrogen-bond donors (Lipinski definition) is 2. The van der Waals surface area contributed by atoms with E-state index in [0.717, 1.165) is 45.6 Å². The summed E-state index contributed by atoms with van der Waals surface area (Å²) in [5.41, 5.74) is 6.98. The Balaban J connectivity index is 0.000000612. The number of pyridine rings is 1. The summed E-state index contributed by atoms with van der Waals surface area (Å²) < 4.78 is 81.7. The molecule has 0 saturated heterocycles. The van der Waals surface area contributed by atoms with Crippen LogP contribution in [0.25, 0.3) is 39.4 Å². The molecule has 0 saturated carbocycles. The lowest BCUT2D eigenvalue weighted by Crippen LogP contribution is -2.36. The Kier molecular flexibility index (Phi) is 13.4. The first kappa shape index (κ1) is 41.0. The maximum atomic E-state index is 11.6. The monoisotopic (exact) mass is 809 g/mol. The highest BCUT2D eigenvalue weighted by Crippen LogP contribution is 2.42. The molecule has 3 heterocycles. The number of nitrogens with zero attached hydrogens (tertiary/aromatic N) is 3. The van der Waals surface area contributed by atoms with Crippen molar-refractivity contribution >= 4 is 43.1 Å². The quantitative estimate of drug-likeness (QED) is 0.0824. The second kappa shape index (κ2) is 18.6. The van der Waals surface area contributed by atoms with E-state index in [1.807, 2.05) is 144 Å². The molecule has 11 nitrogen and oxygen atoms in total. The molecule has 1 aliphatic heterocycles. The highest BCUT2D eigenvalue weighted by Gasteiger charge is 2.28. The molecule has 0 bridgehead atoms. The summed E-state index contributed by atoms with van der Waals surface area (Å²) in [5, 5.41) is 0. The number of aromatic nitrogens is 2. The van der Waals surface area contributed by atoms with Crippen molar-refractivity contribution in [1.29, 1.82) is 0 Å². The molecule has 57 heavy (non-hydrogen) atoms. The molecule has 13 heteroatoms. The summed E-state index contributed by atoms with van der Waals surface area (Å²) in [5.74, 6) is 0.807. The molecule has 0 radical (unpaired) electrons. The zero-order chi connectivity index (χ0) is 40.4. The maximum absolute atomic E-state index is 11.6. The zero-order valence-electron chi connectivity index (χ0n) is 31.9. The Bertz CT molecular complexity index is 2570. The molecule has 296 valence electrons. The molecule has 4 aromatic carbocycles. The van der Waals surface area contributed by atoms with Gasteiger partial charge in [0, 0.05) is 37.2 Å². The van der Waals surface area contributed by atoms with E-state index in [9.17, 15) is 25.9 Å². The van der Waals surface area contributed by atoms with Crippen LogP contribution in [0.5, 0.6) is 5.75 Å². The fourth-order valence-corrected chi connectivity index (χ4v) is 7.50. The minimum Gasteiger partial charge on any atom is -0.439 e. The molecule has 0 unspecified atom stereocenters. The number of oxazole rings is 1. The Hall–Kier alpha value is -5.60. The molecule has 2 N–H and O–H groups in total. The number of aryl methyl sites for hydroxylation is 2.